The fraction of sp³-hybridized carbons (Fsp3) is 0.439. The maximum Gasteiger partial charge on any atom is 0.413 e. The average Bonchev–Trinajstić information content (AvgIpc) is 3.59. The van der Waals surface area contributed by atoms with Crippen LogP contribution in [0.25, 0.3) is 32.9 Å². The molecular formula is C41H43F3N8O8. The van der Waals surface area contributed by atoms with E-state index in [4.69, 9.17) is 26.0 Å². The molecule has 3 saturated heterocycles. The van der Waals surface area contributed by atoms with Crippen molar-refractivity contribution in [3.8, 4) is 35.4 Å². The van der Waals surface area contributed by atoms with Gasteiger partial charge in [0.2, 0.25) is 5.91 Å². The third-order valence-electron chi connectivity index (χ3n) is 11.1. The first-order valence-corrected chi connectivity index (χ1v) is 19.6. The number of carbonyl (C=O) groups is 4. The van der Waals surface area contributed by atoms with E-state index in [0.29, 0.717) is 31.9 Å². The molecule has 0 saturated carbocycles. The summed E-state index contributed by atoms with van der Waals surface area (Å²) in [4.78, 5) is 64.1. The minimum absolute atomic E-state index is 0.0633. The van der Waals surface area contributed by atoms with Crippen molar-refractivity contribution < 1.29 is 52.0 Å². The molecule has 5 N–H and O–H groups in total. The number of anilines is 1. The smallest absolute Gasteiger partial charge is 0.413 e. The van der Waals surface area contributed by atoms with E-state index < -0.39 is 72.2 Å². The van der Waals surface area contributed by atoms with Crippen molar-refractivity contribution in [2.45, 2.75) is 82.1 Å². The number of aliphatic carboxylic acids is 2. The van der Waals surface area contributed by atoms with Gasteiger partial charge in [-0.15, -0.1) is 6.42 Å². The second-order valence-electron chi connectivity index (χ2n) is 15.2. The minimum Gasteiger partial charge on any atom is -0.481 e. The summed E-state index contributed by atoms with van der Waals surface area (Å²) in [5.41, 5.74) is 2.00. The Hall–Kier alpha value is -6.26. The van der Waals surface area contributed by atoms with E-state index in [0.717, 1.165) is 44.7 Å². The number of halogens is 3. The quantitative estimate of drug-likeness (QED) is 0.118. The molecule has 3 fully saturated rings. The fourth-order valence-electron chi connectivity index (χ4n) is 8.17. The highest BCUT2D eigenvalue weighted by Gasteiger charge is 2.49. The predicted octanol–water partition coefficient (Wildman–Crippen LogP) is 4.47. The van der Waals surface area contributed by atoms with Crippen LogP contribution in [0, 0.1) is 24.0 Å². The van der Waals surface area contributed by atoms with Crippen molar-refractivity contribution in [2.75, 3.05) is 37.8 Å². The van der Waals surface area contributed by atoms with Crippen molar-refractivity contribution >= 4 is 51.4 Å². The molecule has 5 heterocycles. The van der Waals surface area contributed by atoms with Crippen LogP contribution in [0.15, 0.2) is 30.5 Å². The van der Waals surface area contributed by atoms with Gasteiger partial charge in [0.1, 0.15) is 47.6 Å². The summed E-state index contributed by atoms with van der Waals surface area (Å²) in [5, 5.41) is 25.1. The number of nitrogens with zero attached hydrogens (tertiary/aromatic N) is 5. The molecule has 3 aliphatic rings. The van der Waals surface area contributed by atoms with Gasteiger partial charge in [-0.3, -0.25) is 24.5 Å². The number of carbonyl (C=O) groups excluding carboxylic acids is 2. The number of alkyl halides is 1. The molecule has 0 bridgehead atoms. The van der Waals surface area contributed by atoms with Gasteiger partial charge in [-0.1, -0.05) is 18.4 Å². The maximum atomic E-state index is 17.3. The summed E-state index contributed by atoms with van der Waals surface area (Å²) in [5.74, 6) is -2.94. The first kappa shape index (κ1) is 41.9. The summed E-state index contributed by atoms with van der Waals surface area (Å²) in [7, 11) is 0. The molecule has 2 aromatic heterocycles. The topological polar surface area (TPSA) is 208 Å². The molecule has 316 valence electrons. The van der Waals surface area contributed by atoms with Gasteiger partial charge in [-0.2, -0.15) is 9.97 Å². The van der Waals surface area contributed by atoms with Crippen LogP contribution < -0.4 is 30.5 Å². The molecule has 0 aliphatic carbocycles. The number of hydrogen-bond donors (Lipinski definition) is 5. The number of hydrazine groups is 1. The van der Waals surface area contributed by atoms with E-state index in [2.05, 4.69) is 36.8 Å². The molecule has 0 radical (unpaired) electrons. The van der Waals surface area contributed by atoms with Gasteiger partial charge >= 0.3 is 24.0 Å². The van der Waals surface area contributed by atoms with Crippen molar-refractivity contribution in [1.29, 1.82) is 0 Å². The van der Waals surface area contributed by atoms with Crippen LogP contribution in [-0.4, -0.2) is 111 Å². The summed E-state index contributed by atoms with van der Waals surface area (Å²) in [6.45, 7) is 3.57. The number of aromatic nitrogens is 3. The molecule has 19 heteroatoms. The van der Waals surface area contributed by atoms with Crippen LogP contribution in [0.1, 0.15) is 63.9 Å². The minimum atomic E-state index is -1.54. The molecule has 0 unspecified atom stereocenters. The first-order chi connectivity index (χ1) is 28.8. The SMILES string of the molecule is C#Cc1c(F)ccc2cc(OC(=O)N[C@@H](C)C(=O)N[C@@H](CCC(=O)O)C(=O)O)cc(-c3ncc4c(N5CCCCCN5)nc(OC[C@@]56CCCN5C[C@H](F)C6)nc4c3F)c12. The molecule has 2 aromatic carbocycles. The number of nitrogens with one attached hydrogen (secondary N) is 3. The highest BCUT2D eigenvalue weighted by atomic mass is 19.1. The lowest BCUT2D eigenvalue weighted by Gasteiger charge is -2.31. The number of hydrogen-bond acceptors (Lipinski definition) is 12. The first-order valence-electron chi connectivity index (χ1n) is 19.6. The second-order valence-corrected chi connectivity index (χ2v) is 15.2. The van der Waals surface area contributed by atoms with Gasteiger partial charge in [0.15, 0.2) is 11.6 Å². The number of benzene rings is 2. The number of carboxylic acid groups (broad SMARTS) is 2. The van der Waals surface area contributed by atoms with Crippen LogP contribution >= 0.6 is 0 Å². The molecular weight excluding hydrogens is 789 g/mol. The zero-order valence-electron chi connectivity index (χ0n) is 32.6. The molecule has 0 spiro atoms. The maximum absolute atomic E-state index is 17.3. The Balaban J connectivity index is 1.25. The lowest BCUT2D eigenvalue weighted by Crippen LogP contribution is -2.50. The van der Waals surface area contributed by atoms with Gasteiger partial charge in [0.25, 0.3) is 0 Å². The molecule has 4 atom stereocenters. The average molecular weight is 833 g/mol. The summed E-state index contributed by atoms with van der Waals surface area (Å²) >= 11 is 0. The standard InChI is InChI=1S/C41H43F3N8O8/c1-3-26-29(43)9-8-23-16-25(60-40(58)47-22(2)37(55)48-30(38(56)57)10-11-31(53)54)17-27(32(23)26)34-33(44)35-28(19-45-34)36(52-15-6-4-5-13-46-52)50-39(49-35)59-21-41-12-7-14-51(41)20-24(42)18-41/h1,8-9,16-17,19,22,24,30,46H,4-7,10-15,18,20-21H2,2H3,(H,47,58)(H,48,55)(H,53,54)(H,56,57)/t22-,24+,30-,41-/m0/s1. The van der Waals surface area contributed by atoms with Gasteiger partial charge in [0.05, 0.1) is 16.5 Å². The number of terminal acetylenes is 1. The Morgan fingerprint density at radius 1 is 1.10 bits per heavy atom. The van der Waals surface area contributed by atoms with Crippen molar-refractivity contribution in [2.24, 2.45) is 0 Å². The van der Waals surface area contributed by atoms with Crippen LogP contribution in [-0.2, 0) is 14.4 Å². The number of fused-ring (bicyclic) bond motifs is 3. The highest BCUT2D eigenvalue weighted by molar-refractivity contribution is 6.03. The van der Waals surface area contributed by atoms with Crippen LogP contribution in [0.3, 0.4) is 0 Å². The van der Waals surface area contributed by atoms with Gasteiger partial charge in [-0.05, 0) is 69.2 Å². The van der Waals surface area contributed by atoms with E-state index >= 15 is 8.78 Å². The zero-order valence-corrected chi connectivity index (χ0v) is 32.6. The lowest BCUT2D eigenvalue weighted by molar-refractivity contribution is -0.143. The molecule has 2 amide bonds. The molecule has 3 aliphatic heterocycles. The van der Waals surface area contributed by atoms with E-state index in [1.54, 1.807) is 5.01 Å². The normalized spacial score (nSPS) is 20.2. The highest BCUT2D eigenvalue weighted by Crippen LogP contribution is 2.42. The van der Waals surface area contributed by atoms with Crippen LogP contribution in [0.4, 0.5) is 23.8 Å². The number of carboxylic acids is 2. The fourth-order valence-corrected chi connectivity index (χ4v) is 8.17. The Labute approximate surface area is 341 Å². The van der Waals surface area contributed by atoms with E-state index in [1.807, 2.05) is 0 Å². The Morgan fingerprint density at radius 3 is 2.68 bits per heavy atom. The molecule has 4 aromatic rings. The lowest BCUT2D eigenvalue weighted by atomic mass is 9.95. The molecule has 60 heavy (non-hydrogen) atoms. The van der Waals surface area contributed by atoms with Crippen LogP contribution in [0.5, 0.6) is 11.8 Å². The number of ether oxygens (including phenoxy) is 2. The second kappa shape index (κ2) is 17.5. The van der Waals surface area contributed by atoms with Crippen molar-refractivity contribution in [1.82, 2.24) is 35.9 Å². The third-order valence-corrected chi connectivity index (χ3v) is 11.1. The van der Waals surface area contributed by atoms with Gasteiger partial charge < -0.3 is 30.3 Å². The zero-order chi connectivity index (χ0) is 42.7. The van der Waals surface area contributed by atoms with Crippen LogP contribution in [0.2, 0.25) is 0 Å². The van der Waals surface area contributed by atoms with Crippen molar-refractivity contribution in [3.63, 3.8) is 0 Å². The number of pyridine rings is 1. The Bertz CT molecular complexity index is 2390. The van der Waals surface area contributed by atoms with E-state index in [-0.39, 0.29) is 56.9 Å². The molecule has 16 nitrogen and oxygen atoms in total. The summed E-state index contributed by atoms with van der Waals surface area (Å²) in [6.07, 6.45) is 8.66. The molecule has 7 rings (SSSR count). The summed E-state index contributed by atoms with van der Waals surface area (Å²) < 4.78 is 58.8. The van der Waals surface area contributed by atoms with E-state index in [1.165, 1.54) is 31.3 Å². The van der Waals surface area contributed by atoms with Gasteiger partial charge in [-0.25, -0.2) is 28.2 Å². The monoisotopic (exact) mass is 832 g/mol. The number of amides is 2. The predicted molar refractivity (Wildman–Crippen MR) is 211 cm³/mol. The largest absolute Gasteiger partial charge is 0.481 e. The van der Waals surface area contributed by atoms with E-state index in [9.17, 15) is 28.7 Å². The Morgan fingerprint density at radius 2 is 1.92 bits per heavy atom. The number of rotatable bonds is 13. The van der Waals surface area contributed by atoms with Gasteiger partial charge in [0, 0.05) is 49.6 Å². The Kier molecular flexibility index (Phi) is 12.2. The third kappa shape index (κ3) is 8.70. The van der Waals surface area contributed by atoms with Crippen molar-refractivity contribution in [3.05, 3.63) is 47.7 Å². The summed E-state index contributed by atoms with van der Waals surface area (Å²) in [6, 6.07) is 2.01.